The fraction of sp³-hybridized carbons (Fsp3) is 0.533. The Morgan fingerprint density at radius 3 is 2.77 bits per heavy atom. The molecule has 2 aromatic rings. The zero-order valence-corrected chi connectivity index (χ0v) is 13.7. The van der Waals surface area contributed by atoms with Crippen molar-refractivity contribution in [1.29, 1.82) is 0 Å². The number of rotatable bonds is 1. The Labute approximate surface area is 132 Å². The molecule has 3 rings (SSSR count). The largest absolute Gasteiger partial charge is 0.391 e. The lowest BCUT2D eigenvalue weighted by molar-refractivity contribution is 0.0762. The number of hydrogen-bond donors (Lipinski definition) is 1. The molecule has 1 fully saturated rings. The molecule has 0 spiro atoms. The Morgan fingerprint density at radius 2 is 2.18 bits per heavy atom. The second-order valence-electron chi connectivity index (χ2n) is 6.66. The van der Waals surface area contributed by atoms with Gasteiger partial charge in [-0.15, -0.1) is 11.3 Å². The van der Waals surface area contributed by atoms with Crippen LogP contribution in [0.15, 0.2) is 16.4 Å². The first-order valence-electron chi connectivity index (χ1n) is 7.26. The maximum atomic E-state index is 12.8. The van der Waals surface area contributed by atoms with Gasteiger partial charge in [-0.05, 0) is 6.42 Å². The summed E-state index contributed by atoms with van der Waals surface area (Å²) in [6.07, 6.45) is 1.40. The molecule has 1 atom stereocenters. The molecule has 1 unspecified atom stereocenters. The second-order valence-corrected chi connectivity index (χ2v) is 7.50. The maximum Gasteiger partial charge on any atom is 0.271 e. The molecule has 0 aromatic carbocycles. The SMILES string of the molecule is CC(C)(C)c1csc2ncc(C(=O)N3CCC(O)C3)c(=O)n12. The van der Waals surface area contributed by atoms with E-state index in [1.165, 1.54) is 26.8 Å². The van der Waals surface area contributed by atoms with Crippen molar-refractivity contribution in [3.63, 3.8) is 0 Å². The van der Waals surface area contributed by atoms with E-state index in [1.807, 2.05) is 26.2 Å². The molecule has 1 N–H and O–H groups in total. The van der Waals surface area contributed by atoms with Gasteiger partial charge in [0, 0.05) is 35.8 Å². The first-order valence-corrected chi connectivity index (χ1v) is 8.14. The minimum absolute atomic E-state index is 0.0653. The fourth-order valence-electron chi connectivity index (χ4n) is 2.65. The summed E-state index contributed by atoms with van der Waals surface area (Å²) in [5.41, 5.74) is 0.370. The molecule has 1 saturated heterocycles. The molecule has 1 aliphatic rings. The summed E-state index contributed by atoms with van der Waals surface area (Å²) < 4.78 is 1.53. The van der Waals surface area contributed by atoms with Crippen LogP contribution in [0.2, 0.25) is 0 Å². The number of amides is 1. The summed E-state index contributed by atoms with van der Waals surface area (Å²) in [7, 11) is 0. The minimum atomic E-state index is -0.505. The van der Waals surface area contributed by atoms with Crippen molar-refractivity contribution in [1.82, 2.24) is 14.3 Å². The molecular weight excluding hydrogens is 302 g/mol. The molecular formula is C15H19N3O3S. The zero-order valence-electron chi connectivity index (χ0n) is 12.9. The highest BCUT2D eigenvalue weighted by molar-refractivity contribution is 7.15. The molecule has 0 radical (unpaired) electrons. The summed E-state index contributed by atoms with van der Waals surface area (Å²) in [5, 5.41) is 11.5. The van der Waals surface area contributed by atoms with Crippen LogP contribution in [0.25, 0.3) is 4.96 Å². The molecule has 22 heavy (non-hydrogen) atoms. The summed E-state index contributed by atoms with van der Waals surface area (Å²) in [6.45, 7) is 6.80. The van der Waals surface area contributed by atoms with Gasteiger partial charge in [-0.2, -0.15) is 0 Å². The molecule has 1 aliphatic heterocycles. The van der Waals surface area contributed by atoms with Gasteiger partial charge in [-0.3, -0.25) is 14.0 Å². The molecule has 3 heterocycles. The van der Waals surface area contributed by atoms with E-state index < -0.39 is 6.10 Å². The van der Waals surface area contributed by atoms with Gasteiger partial charge in [-0.1, -0.05) is 20.8 Å². The average molecular weight is 321 g/mol. The Morgan fingerprint density at radius 1 is 1.45 bits per heavy atom. The van der Waals surface area contributed by atoms with E-state index in [9.17, 15) is 14.7 Å². The highest BCUT2D eigenvalue weighted by Gasteiger charge is 2.29. The van der Waals surface area contributed by atoms with Gasteiger partial charge in [0.05, 0.1) is 6.10 Å². The molecule has 0 saturated carbocycles. The van der Waals surface area contributed by atoms with E-state index in [1.54, 1.807) is 0 Å². The van der Waals surface area contributed by atoms with E-state index in [4.69, 9.17) is 0 Å². The van der Waals surface area contributed by atoms with Gasteiger partial charge >= 0.3 is 0 Å². The topological polar surface area (TPSA) is 74.9 Å². The summed E-state index contributed by atoms with van der Waals surface area (Å²) >= 11 is 1.39. The fourth-order valence-corrected chi connectivity index (χ4v) is 3.73. The number of fused-ring (bicyclic) bond motifs is 1. The molecule has 7 heteroatoms. The maximum absolute atomic E-state index is 12.8. The molecule has 118 valence electrons. The normalized spacial score (nSPS) is 19.1. The van der Waals surface area contributed by atoms with E-state index in [0.717, 1.165) is 5.69 Å². The molecule has 6 nitrogen and oxygen atoms in total. The predicted octanol–water partition coefficient (Wildman–Crippen LogP) is 1.26. The lowest BCUT2D eigenvalue weighted by Crippen LogP contribution is -2.35. The van der Waals surface area contributed by atoms with Crippen molar-refractivity contribution in [2.75, 3.05) is 13.1 Å². The van der Waals surface area contributed by atoms with Crippen LogP contribution in [0.5, 0.6) is 0 Å². The number of carbonyl (C=O) groups excluding carboxylic acids is 1. The lowest BCUT2D eigenvalue weighted by atomic mass is 9.93. The number of aliphatic hydroxyl groups excluding tert-OH is 1. The smallest absolute Gasteiger partial charge is 0.271 e. The number of aliphatic hydroxyl groups is 1. The van der Waals surface area contributed by atoms with Crippen LogP contribution in [0.1, 0.15) is 43.2 Å². The zero-order chi connectivity index (χ0) is 16.1. The van der Waals surface area contributed by atoms with Gasteiger partial charge in [-0.25, -0.2) is 4.98 Å². The third-order valence-corrected chi connectivity index (χ3v) is 4.74. The molecule has 0 bridgehead atoms. The van der Waals surface area contributed by atoms with Crippen LogP contribution in [-0.4, -0.2) is 44.5 Å². The van der Waals surface area contributed by atoms with Crippen molar-refractivity contribution < 1.29 is 9.90 Å². The molecule has 2 aromatic heterocycles. The van der Waals surface area contributed by atoms with Crippen molar-refractivity contribution in [2.45, 2.75) is 38.7 Å². The van der Waals surface area contributed by atoms with Crippen molar-refractivity contribution >= 4 is 22.2 Å². The predicted molar refractivity (Wildman–Crippen MR) is 84.6 cm³/mol. The Balaban J connectivity index is 2.10. The van der Waals surface area contributed by atoms with Gasteiger partial charge in [0.15, 0.2) is 4.96 Å². The van der Waals surface area contributed by atoms with E-state index in [0.29, 0.717) is 17.9 Å². The number of nitrogens with zero attached hydrogens (tertiary/aromatic N) is 3. The van der Waals surface area contributed by atoms with Gasteiger partial charge in [0.2, 0.25) is 0 Å². The van der Waals surface area contributed by atoms with Gasteiger partial charge in [0.1, 0.15) is 5.56 Å². The number of thiazole rings is 1. The average Bonchev–Trinajstić information content (AvgIpc) is 3.04. The van der Waals surface area contributed by atoms with Crippen LogP contribution >= 0.6 is 11.3 Å². The summed E-state index contributed by atoms with van der Waals surface area (Å²) in [4.78, 5) is 31.6. The van der Waals surface area contributed by atoms with Crippen molar-refractivity contribution in [3.8, 4) is 0 Å². The minimum Gasteiger partial charge on any atom is -0.391 e. The van der Waals surface area contributed by atoms with Gasteiger partial charge < -0.3 is 10.0 Å². The Kier molecular flexibility index (Phi) is 3.57. The lowest BCUT2D eigenvalue weighted by Gasteiger charge is -2.18. The van der Waals surface area contributed by atoms with Crippen LogP contribution in [0, 0.1) is 0 Å². The van der Waals surface area contributed by atoms with Crippen molar-refractivity contribution in [3.05, 3.63) is 33.2 Å². The molecule has 1 amide bonds. The highest BCUT2D eigenvalue weighted by Crippen LogP contribution is 2.25. The quantitative estimate of drug-likeness (QED) is 0.858. The third kappa shape index (κ3) is 2.44. The number of β-amino-alcohol motifs (C(OH)–C–C–N with tert-alkyl or cyclic N) is 1. The Hall–Kier alpha value is -1.73. The number of carbonyl (C=O) groups is 1. The monoisotopic (exact) mass is 321 g/mol. The standard InChI is InChI=1S/C15H19N3O3S/c1-15(2,3)11-8-22-14-16-6-10(13(21)18(11)14)12(20)17-5-4-9(19)7-17/h6,8-9,19H,4-5,7H2,1-3H3. The Bertz CT molecular complexity index is 787. The van der Waals surface area contributed by atoms with E-state index in [-0.39, 0.29) is 29.0 Å². The van der Waals surface area contributed by atoms with Gasteiger partial charge in [0.25, 0.3) is 11.5 Å². The second kappa shape index (κ2) is 5.17. The van der Waals surface area contributed by atoms with Crippen LogP contribution in [0.3, 0.4) is 0 Å². The third-order valence-electron chi connectivity index (χ3n) is 3.90. The van der Waals surface area contributed by atoms with Crippen LogP contribution in [-0.2, 0) is 5.41 Å². The first kappa shape index (κ1) is 15.2. The summed E-state index contributed by atoms with van der Waals surface area (Å²) in [6, 6.07) is 0. The molecule has 0 aliphatic carbocycles. The first-order chi connectivity index (χ1) is 10.3. The highest BCUT2D eigenvalue weighted by atomic mass is 32.1. The number of hydrogen-bond acceptors (Lipinski definition) is 5. The number of likely N-dealkylation sites (tertiary alicyclic amines) is 1. The van der Waals surface area contributed by atoms with E-state index >= 15 is 0 Å². The van der Waals surface area contributed by atoms with Crippen LogP contribution < -0.4 is 5.56 Å². The van der Waals surface area contributed by atoms with Crippen molar-refractivity contribution in [2.24, 2.45) is 0 Å². The number of aromatic nitrogens is 2. The van der Waals surface area contributed by atoms with Crippen LogP contribution in [0.4, 0.5) is 0 Å². The summed E-state index contributed by atoms with van der Waals surface area (Å²) in [5.74, 6) is -0.352. The van der Waals surface area contributed by atoms with E-state index in [2.05, 4.69) is 4.98 Å².